The summed E-state index contributed by atoms with van der Waals surface area (Å²) in [6.45, 7) is 7.36. The molecule has 4 amide bonds. The van der Waals surface area contributed by atoms with Gasteiger partial charge in [-0.05, 0) is 86.0 Å². The Morgan fingerprint density at radius 3 is 1.44 bits per heavy atom. The molecule has 0 unspecified atom stereocenters. The van der Waals surface area contributed by atoms with Crippen LogP contribution in [0.5, 0.6) is 0 Å². The van der Waals surface area contributed by atoms with E-state index in [4.69, 9.17) is 22.0 Å². The second kappa shape index (κ2) is 17.8. The monoisotopic (exact) mass is 826 g/mol. The number of carbonyl (C=O) groups excluding carboxylic acids is 2. The lowest BCUT2D eigenvalue weighted by atomic mass is 10.1. The van der Waals surface area contributed by atoms with Crippen molar-refractivity contribution in [1.29, 1.82) is 10.5 Å². The lowest BCUT2D eigenvalue weighted by Crippen LogP contribution is -2.19. The first-order chi connectivity index (χ1) is 29.9. The molecular formula is C42H38N18O2. The third kappa shape index (κ3) is 9.30. The van der Waals surface area contributed by atoms with Crippen LogP contribution in [0.2, 0.25) is 0 Å². The molecule has 0 saturated heterocycles. The maximum atomic E-state index is 12.4. The highest BCUT2D eigenvalue weighted by atomic mass is 16.2. The molecule has 62 heavy (non-hydrogen) atoms. The highest BCUT2D eigenvalue weighted by Gasteiger charge is 2.14. The van der Waals surface area contributed by atoms with Gasteiger partial charge >= 0.3 is 12.1 Å². The maximum absolute atomic E-state index is 12.4. The standard InChI is InChI=1S/2C21H19N9O/c2*1-12-3-4-24-9-16(12)18-5-14-6-19(25-10-17(14)20(23)28-18)29-21(31)27-15-8-26-30(11-15)13(2)7-22/h2*3-6,8-11,13H,1-2H3,(H2,23,28)(H2,25,27,29,31)/t2*13-/m10/s1. The van der Waals surface area contributed by atoms with Crippen LogP contribution in [0, 0.1) is 36.5 Å². The number of aryl methyl sites for hydroxylation is 2. The van der Waals surface area contributed by atoms with Gasteiger partial charge < -0.3 is 22.1 Å². The molecule has 0 aromatic carbocycles. The van der Waals surface area contributed by atoms with E-state index in [1.165, 1.54) is 21.8 Å². The summed E-state index contributed by atoms with van der Waals surface area (Å²) in [5.41, 5.74) is 18.4. The van der Waals surface area contributed by atoms with Crippen molar-refractivity contribution < 1.29 is 9.59 Å². The number of hydrogen-bond donors (Lipinski definition) is 6. The van der Waals surface area contributed by atoms with Crippen molar-refractivity contribution in [3.8, 4) is 34.7 Å². The average molecular weight is 827 g/mol. The Balaban J connectivity index is 0.000000186. The number of nitrogens with one attached hydrogen (secondary N) is 4. The molecule has 8 heterocycles. The minimum Gasteiger partial charge on any atom is -0.383 e. The topological polar surface area (TPSA) is 295 Å². The normalized spacial score (nSPS) is 11.6. The first kappa shape index (κ1) is 41.1. The lowest BCUT2D eigenvalue weighted by Gasteiger charge is -2.10. The number of pyridine rings is 6. The molecule has 8 aromatic heterocycles. The summed E-state index contributed by atoms with van der Waals surface area (Å²) < 4.78 is 2.92. The Hall–Kier alpha value is -9.04. The fourth-order valence-corrected chi connectivity index (χ4v) is 6.13. The quantitative estimate of drug-likeness (QED) is 0.0898. The minimum absolute atomic E-state index is 0.346. The average Bonchev–Trinajstić information content (AvgIpc) is 3.93. The zero-order valence-corrected chi connectivity index (χ0v) is 33.7. The molecule has 8 N–H and O–H groups in total. The predicted octanol–water partition coefficient (Wildman–Crippen LogP) is 7.02. The third-order valence-corrected chi connectivity index (χ3v) is 9.49. The maximum Gasteiger partial charge on any atom is 0.324 e. The summed E-state index contributed by atoms with van der Waals surface area (Å²) in [5, 5.41) is 39.7. The summed E-state index contributed by atoms with van der Waals surface area (Å²) in [5.74, 6) is 1.39. The van der Waals surface area contributed by atoms with Crippen molar-refractivity contribution in [2.24, 2.45) is 0 Å². The van der Waals surface area contributed by atoms with E-state index >= 15 is 0 Å². The number of nitrogens with two attached hydrogens (primary N) is 2. The number of nitriles is 2. The Morgan fingerprint density at radius 2 is 1.05 bits per heavy atom. The number of hydrogen-bond acceptors (Lipinski definition) is 14. The summed E-state index contributed by atoms with van der Waals surface area (Å²) in [6, 6.07) is 13.3. The van der Waals surface area contributed by atoms with Crippen LogP contribution in [0.4, 0.5) is 44.2 Å². The zero-order chi connectivity index (χ0) is 43.9. The number of amides is 4. The fourth-order valence-electron chi connectivity index (χ4n) is 6.13. The predicted molar refractivity (Wildman–Crippen MR) is 234 cm³/mol. The van der Waals surface area contributed by atoms with Gasteiger partial charge in [0.25, 0.3) is 0 Å². The number of rotatable bonds is 8. The Bertz CT molecular complexity index is 2850. The molecule has 0 radical (unpaired) electrons. The summed E-state index contributed by atoms with van der Waals surface area (Å²) in [6.07, 6.45) is 16.2. The highest BCUT2D eigenvalue weighted by molar-refractivity contribution is 6.02. The van der Waals surface area contributed by atoms with Gasteiger partial charge in [0.1, 0.15) is 35.4 Å². The van der Waals surface area contributed by atoms with Crippen LogP contribution in [0.15, 0.2) is 98.4 Å². The zero-order valence-electron chi connectivity index (χ0n) is 33.7. The number of fused-ring (bicyclic) bond motifs is 2. The second-order valence-electron chi connectivity index (χ2n) is 13.9. The summed E-state index contributed by atoms with van der Waals surface area (Å²) in [7, 11) is 0. The van der Waals surface area contributed by atoms with E-state index in [9.17, 15) is 9.59 Å². The fraction of sp³-hybridized carbons (Fsp3) is 0.143. The van der Waals surface area contributed by atoms with Gasteiger partial charge in [-0.2, -0.15) is 20.7 Å². The van der Waals surface area contributed by atoms with Gasteiger partial charge in [-0.1, -0.05) is 0 Å². The minimum atomic E-state index is -0.485. The molecule has 308 valence electrons. The van der Waals surface area contributed by atoms with Crippen LogP contribution in [0.1, 0.15) is 37.1 Å². The van der Waals surface area contributed by atoms with Gasteiger partial charge in [0.2, 0.25) is 0 Å². The molecule has 0 bridgehead atoms. The molecule has 0 saturated carbocycles. The molecule has 8 aromatic rings. The van der Waals surface area contributed by atoms with Crippen molar-refractivity contribution in [1.82, 2.24) is 49.5 Å². The van der Waals surface area contributed by atoms with E-state index in [0.717, 1.165) is 33.0 Å². The third-order valence-electron chi connectivity index (χ3n) is 9.49. The molecule has 0 fully saturated rings. The van der Waals surface area contributed by atoms with Gasteiger partial charge in [-0.15, -0.1) is 0 Å². The first-order valence-corrected chi connectivity index (χ1v) is 18.9. The van der Waals surface area contributed by atoms with Crippen LogP contribution in [-0.4, -0.2) is 61.5 Å². The summed E-state index contributed by atoms with van der Waals surface area (Å²) in [4.78, 5) is 50.5. The Labute approximate surface area is 353 Å². The number of nitrogens with zero attached hydrogens (tertiary/aromatic N) is 12. The lowest BCUT2D eigenvalue weighted by molar-refractivity contribution is 0.261. The van der Waals surface area contributed by atoms with Gasteiger partial charge in [0.15, 0.2) is 0 Å². The molecule has 20 heteroatoms. The second-order valence-corrected chi connectivity index (χ2v) is 13.9. The van der Waals surface area contributed by atoms with Crippen LogP contribution >= 0.6 is 0 Å². The molecule has 8 rings (SSSR count). The Kier molecular flexibility index (Phi) is 11.8. The first-order valence-electron chi connectivity index (χ1n) is 18.9. The molecule has 0 aliphatic heterocycles. The van der Waals surface area contributed by atoms with E-state index in [-0.39, 0.29) is 0 Å². The summed E-state index contributed by atoms with van der Waals surface area (Å²) >= 11 is 0. The van der Waals surface area contributed by atoms with Gasteiger partial charge in [-0.3, -0.25) is 30.0 Å². The van der Waals surface area contributed by atoms with Crippen LogP contribution in [-0.2, 0) is 0 Å². The van der Waals surface area contributed by atoms with E-state index in [1.807, 2.05) is 38.1 Å². The van der Waals surface area contributed by atoms with Gasteiger partial charge in [0, 0.05) is 59.1 Å². The van der Waals surface area contributed by atoms with E-state index in [1.54, 1.807) is 75.6 Å². The van der Waals surface area contributed by atoms with E-state index < -0.39 is 24.1 Å². The van der Waals surface area contributed by atoms with Crippen LogP contribution in [0.3, 0.4) is 0 Å². The van der Waals surface area contributed by atoms with Crippen molar-refractivity contribution in [2.45, 2.75) is 39.8 Å². The van der Waals surface area contributed by atoms with Crippen molar-refractivity contribution in [2.75, 3.05) is 32.7 Å². The Morgan fingerprint density at radius 1 is 0.629 bits per heavy atom. The number of anilines is 6. The molecule has 0 aliphatic carbocycles. The molecule has 0 spiro atoms. The van der Waals surface area contributed by atoms with Gasteiger partial charge in [0.05, 0.1) is 59.7 Å². The molecule has 0 aliphatic rings. The van der Waals surface area contributed by atoms with Crippen LogP contribution in [0.25, 0.3) is 44.1 Å². The number of carbonyl (C=O) groups is 2. The molecule has 20 nitrogen and oxygen atoms in total. The largest absolute Gasteiger partial charge is 0.383 e. The van der Waals surface area contributed by atoms with Crippen molar-refractivity contribution >= 4 is 68.3 Å². The molecular weight excluding hydrogens is 789 g/mol. The van der Waals surface area contributed by atoms with E-state index in [0.29, 0.717) is 56.8 Å². The molecule has 2 atom stereocenters. The van der Waals surface area contributed by atoms with Gasteiger partial charge in [-0.25, -0.2) is 29.5 Å². The number of aromatic nitrogens is 10. The number of nitrogen functional groups attached to an aromatic ring is 2. The SMILES string of the molecule is Cc1ccncc1-c1cc2cc(NC(=O)Nc3cnn([C@@H](C)C#N)c3)ncc2c(N)n1.Cc1ccncc1-c1cc2cc(NC(=O)Nc3cnn([C@H](C)C#N)c3)ncc2c(N)n1. The van der Waals surface area contributed by atoms with Crippen LogP contribution < -0.4 is 32.7 Å². The van der Waals surface area contributed by atoms with Crippen molar-refractivity contribution in [3.63, 3.8) is 0 Å². The smallest absolute Gasteiger partial charge is 0.324 e. The van der Waals surface area contributed by atoms with E-state index in [2.05, 4.69) is 73.5 Å². The number of urea groups is 2. The highest BCUT2D eigenvalue weighted by Crippen LogP contribution is 2.30. The van der Waals surface area contributed by atoms with Crippen molar-refractivity contribution in [3.05, 3.63) is 109 Å².